The zero-order chi connectivity index (χ0) is 19.6. The lowest BCUT2D eigenvalue weighted by molar-refractivity contribution is 0.0502. The van der Waals surface area contributed by atoms with Crippen LogP contribution < -0.4 is 10.6 Å². The van der Waals surface area contributed by atoms with Crippen molar-refractivity contribution in [2.24, 2.45) is 10.9 Å². The van der Waals surface area contributed by atoms with E-state index in [0.717, 1.165) is 37.9 Å². The van der Waals surface area contributed by atoms with Crippen LogP contribution in [0, 0.1) is 5.92 Å². The van der Waals surface area contributed by atoms with Gasteiger partial charge in [0.05, 0.1) is 6.61 Å². The summed E-state index contributed by atoms with van der Waals surface area (Å²) in [7, 11) is 3.76. The highest BCUT2D eigenvalue weighted by Gasteiger charge is 2.21. The van der Waals surface area contributed by atoms with Crippen molar-refractivity contribution in [1.29, 1.82) is 0 Å². The van der Waals surface area contributed by atoms with Gasteiger partial charge in [0.25, 0.3) is 0 Å². The van der Waals surface area contributed by atoms with Gasteiger partial charge in [0, 0.05) is 39.8 Å². The molecule has 0 saturated heterocycles. The second-order valence-corrected chi connectivity index (χ2v) is 8.00. The fourth-order valence-electron chi connectivity index (χ4n) is 2.49. The number of aliphatic imine (C=N–C) groups is 1. The van der Waals surface area contributed by atoms with E-state index in [9.17, 15) is 4.79 Å². The van der Waals surface area contributed by atoms with Crippen LogP contribution in [0.5, 0.6) is 0 Å². The molecule has 0 aromatic rings. The third kappa shape index (κ3) is 13.1. The Bertz CT molecular complexity index is 451. The summed E-state index contributed by atoms with van der Waals surface area (Å²) in [5, 5.41) is 6.28. The van der Waals surface area contributed by atoms with Crippen LogP contribution in [0.15, 0.2) is 4.99 Å². The van der Waals surface area contributed by atoms with Crippen molar-refractivity contribution in [3.8, 4) is 0 Å². The van der Waals surface area contributed by atoms with Crippen molar-refractivity contribution in [2.75, 3.05) is 40.4 Å². The van der Waals surface area contributed by atoms with E-state index in [-0.39, 0.29) is 36.1 Å². The predicted molar refractivity (Wildman–Crippen MR) is 121 cm³/mol. The van der Waals surface area contributed by atoms with E-state index >= 15 is 0 Å². The topological polar surface area (TPSA) is 75.2 Å². The Morgan fingerprint density at radius 3 is 2.52 bits per heavy atom. The van der Waals surface area contributed by atoms with Gasteiger partial charge in [-0.3, -0.25) is 4.99 Å². The van der Waals surface area contributed by atoms with E-state index in [1.54, 1.807) is 7.05 Å². The minimum atomic E-state index is -0.495. The number of nitrogens with one attached hydrogen (secondary N) is 2. The lowest BCUT2D eigenvalue weighted by Crippen LogP contribution is -2.48. The smallest absolute Gasteiger partial charge is 0.407 e. The summed E-state index contributed by atoms with van der Waals surface area (Å²) in [5.41, 5.74) is -0.495. The van der Waals surface area contributed by atoms with Gasteiger partial charge in [-0.25, -0.2) is 4.79 Å². The summed E-state index contributed by atoms with van der Waals surface area (Å²) in [4.78, 5) is 18.4. The average Bonchev–Trinajstić information content (AvgIpc) is 3.34. The van der Waals surface area contributed by atoms with Crippen molar-refractivity contribution in [3.05, 3.63) is 0 Å². The van der Waals surface area contributed by atoms with Crippen molar-refractivity contribution < 1.29 is 14.3 Å². The molecule has 1 atom stereocenters. The molecule has 1 unspecified atom stereocenters. The second kappa shape index (κ2) is 13.4. The Morgan fingerprint density at radius 2 is 2.00 bits per heavy atom. The van der Waals surface area contributed by atoms with E-state index < -0.39 is 5.60 Å². The van der Waals surface area contributed by atoms with Crippen molar-refractivity contribution in [3.63, 3.8) is 0 Å². The zero-order valence-electron chi connectivity index (χ0n) is 17.8. The Kier molecular flexibility index (Phi) is 13.0. The Morgan fingerprint density at radius 1 is 1.33 bits per heavy atom. The molecular formula is C19H39IN4O3. The summed E-state index contributed by atoms with van der Waals surface area (Å²) in [5.74, 6) is 1.58. The first-order chi connectivity index (χ1) is 12.2. The molecule has 1 aliphatic rings. The summed E-state index contributed by atoms with van der Waals surface area (Å²) in [6, 6.07) is -0.00823. The van der Waals surface area contributed by atoms with E-state index in [1.165, 1.54) is 12.8 Å². The minimum absolute atomic E-state index is 0. The molecular weight excluding hydrogens is 459 g/mol. The van der Waals surface area contributed by atoms with Gasteiger partial charge >= 0.3 is 6.09 Å². The van der Waals surface area contributed by atoms with Gasteiger partial charge in [0.2, 0.25) is 0 Å². The van der Waals surface area contributed by atoms with Crippen molar-refractivity contribution in [2.45, 2.75) is 65.0 Å². The number of alkyl carbamates (subject to hydrolysis) is 1. The van der Waals surface area contributed by atoms with Gasteiger partial charge in [0.15, 0.2) is 5.96 Å². The first-order valence-electron chi connectivity index (χ1n) is 9.74. The first-order valence-corrected chi connectivity index (χ1v) is 9.74. The van der Waals surface area contributed by atoms with Crippen LogP contribution >= 0.6 is 24.0 Å². The third-order valence-electron chi connectivity index (χ3n) is 4.06. The molecule has 1 aliphatic carbocycles. The minimum Gasteiger partial charge on any atom is -0.444 e. The molecule has 1 saturated carbocycles. The molecule has 0 heterocycles. The van der Waals surface area contributed by atoms with Gasteiger partial charge < -0.3 is 25.0 Å². The fraction of sp³-hybridized carbons (Fsp3) is 0.895. The maximum atomic E-state index is 12.0. The molecule has 1 rings (SSSR count). The standard InChI is InChI=1S/C19H38N4O3.HI/c1-7-8-16(22-18(24)26-19(2,3)4)13-21-17(20-5)23(6)11-12-25-14-15-9-10-15;/h15-16H,7-14H2,1-6H3,(H,20,21)(H,22,24);1H. The fourth-order valence-corrected chi connectivity index (χ4v) is 2.49. The van der Waals surface area contributed by atoms with E-state index in [2.05, 4.69) is 22.5 Å². The molecule has 0 aromatic heterocycles. The van der Waals surface area contributed by atoms with Crippen molar-refractivity contribution >= 4 is 36.0 Å². The molecule has 160 valence electrons. The number of amides is 1. The molecule has 1 amide bonds. The third-order valence-corrected chi connectivity index (χ3v) is 4.06. The number of ether oxygens (including phenoxy) is 2. The van der Waals surface area contributed by atoms with Crippen LogP contribution in [-0.4, -0.2) is 69.0 Å². The quantitative estimate of drug-likeness (QED) is 0.209. The maximum Gasteiger partial charge on any atom is 0.407 e. The largest absolute Gasteiger partial charge is 0.444 e. The van der Waals surface area contributed by atoms with Crippen LogP contribution in [0.3, 0.4) is 0 Å². The highest BCUT2D eigenvalue weighted by atomic mass is 127. The zero-order valence-corrected chi connectivity index (χ0v) is 20.2. The monoisotopic (exact) mass is 498 g/mol. The number of hydrogen-bond donors (Lipinski definition) is 2. The van der Waals surface area contributed by atoms with Crippen LogP contribution in [-0.2, 0) is 9.47 Å². The highest BCUT2D eigenvalue weighted by Crippen LogP contribution is 2.28. The van der Waals surface area contributed by atoms with Crippen molar-refractivity contribution in [1.82, 2.24) is 15.5 Å². The Labute approximate surface area is 182 Å². The first kappa shape index (κ1) is 26.2. The number of hydrogen-bond acceptors (Lipinski definition) is 4. The number of carbonyl (C=O) groups is 1. The number of rotatable bonds is 10. The van der Waals surface area contributed by atoms with Crippen LogP contribution in [0.2, 0.25) is 0 Å². The van der Waals surface area contributed by atoms with Crippen LogP contribution in [0.1, 0.15) is 53.4 Å². The van der Waals surface area contributed by atoms with E-state index in [0.29, 0.717) is 13.2 Å². The van der Waals surface area contributed by atoms with Crippen LogP contribution in [0.25, 0.3) is 0 Å². The second-order valence-electron chi connectivity index (χ2n) is 8.00. The summed E-state index contributed by atoms with van der Waals surface area (Å²) in [6.07, 6.45) is 4.09. The lowest BCUT2D eigenvalue weighted by Gasteiger charge is -2.26. The maximum absolute atomic E-state index is 12.0. The number of guanidine groups is 1. The molecule has 0 radical (unpaired) electrons. The molecule has 2 N–H and O–H groups in total. The molecule has 0 aliphatic heterocycles. The SMILES string of the molecule is CCCC(CNC(=NC)N(C)CCOCC1CC1)NC(=O)OC(C)(C)C.I. The van der Waals surface area contributed by atoms with E-state index in [4.69, 9.17) is 9.47 Å². The van der Waals surface area contributed by atoms with Gasteiger partial charge in [-0.15, -0.1) is 24.0 Å². The highest BCUT2D eigenvalue weighted by molar-refractivity contribution is 14.0. The number of nitrogens with zero attached hydrogens (tertiary/aromatic N) is 2. The lowest BCUT2D eigenvalue weighted by atomic mass is 10.1. The molecule has 0 spiro atoms. The Balaban J connectivity index is 0.00000676. The molecule has 0 bridgehead atoms. The number of carbonyl (C=O) groups excluding carboxylic acids is 1. The summed E-state index contributed by atoms with van der Waals surface area (Å²) >= 11 is 0. The molecule has 1 fully saturated rings. The number of halogens is 1. The number of likely N-dealkylation sites (N-methyl/N-ethyl adjacent to an activating group) is 1. The molecule has 8 heteroatoms. The average molecular weight is 498 g/mol. The molecule has 27 heavy (non-hydrogen) atoms. The normalized spacial score (nSPS) is 15.6. The molecule has 7 nitrogen and oxygen atoms in total. The molecule has 0 aromatic carbocycles. The van der Waals surface area contributed by atoms with Gasteiger partial charge in [-0.05, 0) is 46.0 Å². The predicted octanol–water partition coefficient (Wildman–Crippen LogP) is 3.23. The van der Waals surface area contributed by atoms with E-state index in [1.807, 2.05) is 32.7 Å². The Hall–Kier alpha value is -0.770. The van der Waals surface area contributed by atoms with Gasteiger partial charge in [-0.2, -0.15) is 0 Å². The summed E-state index contributed by atoms with van der Waals surface area (Å²) < 4.78 is 11.0. The summed E-state index contributed by atoms with van der Waals surface area (Å²) in [6.45, 7) is 10.6. The van der Waals surface area contributed by atoms with Gasteiger partial charge in [-0.1, -0.05) is 13.3 Å². The van der Waals surface area contributed by atoms with Crippen LogP contribution in [0.4, 0.5) is 4.79 Å². The van der Waals surface area contributed by atoms with Gasteiger partial charge in [0.1, 0.15) is 5.60 Å².